The average molecular weight is 227 g/mol. The number of likely N-dealkylation sites (N-methyl/N-ethyl adjacent to an activating group) is 1. The zero-order valence-electron chi connectivity index (χ0n) is 11.7. The van der Waals surface area contributed by atoms with Gasteiger partial charge in [-0.2, -0.15) is 0 Å². The van der Waals surface area contributed by atoms with E-state index in [1.807, 2.05) is 13.8 Å². The smallest absolute Gasteiger partial charge is 0.0344 e. The second-order valence-corrected chi connectivity index (χ2v) is 5.11. The Bertz CT molecular complexity index is 180. The van der Waals surface area contributed by atoms with Crippen molar-refractivity contribution in [2.75, 3.05) is 47.3 Å². The molecule has 2 rings (SSSR count). The quantitative estimate of drug-likeness (QED) is 0.705. The first kappa shape index (κ1) is 13.9. The molecule has 2 fully saturated rings. The van der Waals surface area contributed by atoms with Crippen LogP contribution in [0.2, 0.25) is 0 Å². The zero-order chi connectivity index (χ0) is 12.1. The average Bonchev–Trinajstić information content (AvgIpc) is 2.21. The molecule has 0 aromatic heterocycles. The summed E-state index contributed by atoms with van der Waals surface area (Å²) < 4.78 is 0. The van der Waals surface area contributed by atoms with Crippen LogP contribution >= 0.6 is 0 Å². The minimum absolute atomic E-state index is 0.814. The molecular weight excluding hydrogens is 198 g/mol. The molecule has 0 N–H and O–H groups in total. The Labute approximate surface area is 101 Å². The van der Waals surface area contributed by atoms with Gasteiger partial charge in [0.15, 0.2) is 0 Å². The minimum atomic E-state index is 0.814. The van der Waals surface area contributed by atoms with Crippen molar-refractivity contribution in [1.29, 1.82) is 0 Å². The van der Waals surface area contributed by atoms with E-state index in [-0.39, 0.29) is 0 Å². The molecule has 0 radical (unpaired) electrons. The molecule has 0 atom stereocenters. The number of likely N-dealkylation sites (tertiary alicyclic amines) is 2. The van der Waals surface area contributed by atoms with Crippen LogP contribution in [-0.2, 0) is 0 Å². The van der Waals surface area contributed by atoms with Crippen molar-refractivity contribution in [3.63, 3.8) is 0 Å². The van der Waals surface area contributed by atoms with E-state index in [0.717, 1.165) is 12.1 Å². The van der Waals surface area contributed by atoms with Crippen LogP contribution in [0, 0.1) is 0 Å². The summed E-state index contributed by atoms with van der Waals surface area (Å²) in [4.78, 5) is 7.46. The summed E-state index contributed by atoms with van der Waals surface area (Å²) in [7, 11) is 6.61. The van der Waals surface area contributed by atoms with Crippen molar-refractivity contribution in [3.8, 4) is 0 Å². The Kier molecular flexibility index (Phi) is 5.73. The van der Waals surface area contributed by atoms with Gasteiger partial charge in [-0.25, -0.2) is 0 Å². The summed E-state index contributed by atoms with van der Waals surface area (Å²) in [5.74, 6) is 0. The van der Waals surface area contributed by atoms with Gasteiger partial charge in [-0.05, 0) is 47.1 Å². The molecule has 2 saturated heterocycles. The summed E-state index contributed by atoms with van der Waals surface area (Å²) in [6.07, 6.45) is 2.74. The normalized spacial score (nSPS) is 25.1. The Morgan fingerprint density at radius 1 is 1.00 bits per heavy atom. The molecule has 0 unspecified atom stereocenters. The molecule has 0 bridgehead atoms. The van der Waals surface area contributed by atoms with Crippen molar-refractivity contribution in [3.05, 3.63) is 0 Å². The standard InChI is InChI=1S/C11H23N3.C2H6/c1-12(2)11-8-14(9-11)10-4-6-13(3)7-5-10;1-2/h10-11H,4-9H2,1-3H3;1-2H3. The van der Waals surface area contributed by atoms with E-state index in [0.29, 0.717) is 0 Å². The predicted molar refractivity (Wildman–Crippen MR) is 70.9 cm³/mol. The van der Waals surface area contributed by atoms with Crippen molar-refractivity contribution in [2.24, 2.45) is 0 Å². The van der Waals surface area contributed by atoms with E-state index in [2.05, 4.69) is 35.8 Å². The summed E-state index contributed by atoms with van der Waals surface area (Å²) >= 11 is 0. The van der Waals surface area contributed by atoms with Crippen LogP contribution in [0.1, 0.15) is 26.7 Å². The lowest BCUT2D eigenvalue weighted by Gasteiger charge is -2.48. The number of piperidine rings is 1. The largest absolute Gasteiger partial charge is 0.306 e. The summed E-state index contributed by atoms with van der Waals surface area (Å²) in [6, 6.07) is 1.69. The molecule has 0 aliphatic carbocycles. The van der Waals surface area contributed by atoms with Crippen molar-refractivity contribution in [1.82, 2.24) is 14.7 Å². The summed E-state index contributed by atoms with van der Waals surface area (Å²) in [5, 5.41) is 0. The SMILES string of the molecule is CC.CN1CCC(N2CC(N(C)C)C2)CC1. The monoisotopic (exact) mass is 227 g/mol. The second-order valence-electron chi connectivity index (χ2n) is 5.11. The first-order valence-corrected chi connectivity index (χ1v) is 6.76. The lowest BCUT2D eigenvalue weighted by atomic mass is 9.97. The molecule has 16 heavy (non-hydrogen) atoms. The number of hydrogen-bond acceptors (Lipinski definition) is 3. The van der Waals surface area contributed by atoms with E-state index in [1.54, 1.807) is 0 Å². The molecule has 2 aliphatic heterocycles. The van der Waals surface area contributed by atoms with E-state index in [4.69, 9.17) is 0 Å². The predicted octanol–water partition coefficient (Wildman–Crippen LogP) is 1.35. The zero-order valence-corrected chi connectivity index (χ0v) is 11.7. The molecule has 0 saturated carbocycles. The lowest BCUT2D eigenvalue weighted by molar-refractivity contribution is 0.00560. The summed E-state index contributed by atoms with van der Waals surface area (Å²) in [6.45, 7) is 9.16. The fraction of sp³-hybridized carbons (Fsp3) is 1.00. The van der Waals surface area contributed by atoms with Gasteiger partial charge >= 0.3 is 0 Å². The highest BCUT2D eigenvalue weighted by Crippen LogP contribution is 2.22. The maximum Gasteiger partial charge on any atom is 0.0344 e. The third kappa shape index (κ3) is 3.44. The van der Waals surface area contributed by atoms with Crippen LogP contribution in [0.15, 0.2) is 0 Å². The van der Waals surface area contributed by atoms with Crippen LogP contribution in [0.4, 0.5) is 0 Å². The minimum Gasteiger partial charge on any atom is -0.306 e. The number of nitrogens with zero attached hydrogens (tertiary/aromatic N) is 3. The fourth-order valence-corrected chi connectivity index (χ4v) is 2.47. The van der Waals surface area contributed by atoms with Crippen molar-refractivity contribution < 1.29 is 0 Å². The van der Waals surface area contributed by atoms with Gasteiger partial charge in [-0.15, -0.1) is 0 Å². The number of hydrogen-bond donors (Lipinski definition) is 0. The van der Waals surface area contributed by atoms with Gasteiger partial charge in [0, 0.05) is 25.2 Å². The Balaban J connectivity index is 0.000000606. The van der Waals surface area contributed by atoms with Gasteiger partial charge in [0.1, 0.15) is 0 Å². The Hall–Kier alpha value is -0.120. The molecule has 3 heteroatoms. The summed E-state index contributed by atoms with van der Waals surface area (Å²) in [5.41, 5.74) is 0. The molecule has 2 aliphatic rings. The van der Waals surface area contributed by atoms with Gasteiger partial charge in [0.2, 0.25) is 0 Å². The number of rotatable bonds is 2. The highest BCUT2D eigenvalue weighted by molar-refractivity contribution is 4.91. The van der Waals surface area contributed by atoms with Crippen molar-refractivity contribution in [2.45, 2.75) is 38.8 Å². The van der Waals surface area contributed by atoms with Gasteiger partial charge in [0.25, 0.3) is 0 Å². The maximum absolute atomic E-state index is 2.66. The van der Waals surface area contributed by atoms with Crippen molar-refractivity contribution >= 4 is 0 Å². The third-order valence-electron chi connectivity index (χ3n) is 3.83. The molecule has 2 heterocycles. The molecule has 0 aromatic carbocycles. The van der Waals surface area contributed by atoms with Crippen LogP contribution < -0.4 is 0 Å². The van der Waals surface area contributed by atoms with Crippen LogP contribution in [0.5, 0.6) is 0 Å². The van der Waals surface area contributed by atoms with Gasteiger partial charge in [-0.3, -0.25) is 4.90 Å². The maximum atomic E-state index is 2.66. The van der Waals surface area contributed by atoms with E-state index >= 15 is 0 Å². The Morgan fingerprint density at radius 2 is 1.50 bits per heavy atom. The molecular formula is C13H29N3. The molecule has 96 valence electrons. The highest BCUT2D eigenvalue weighted by atomic mass is 15.3. The van der Waals surface area contributed by atoms with Gasteiger partial charge < -0.3 is 9.80 Å². The first-order valence-electron chi connectivity index (χ1n) is 6.76. The van der Waals surface area contributed by atoms with Crippen LogP contribution in [0.25, 0.3) is 0 Å². The second kappa shape index (κ2) is 6.58. The van der Waals surface area contributed by atoms with E-state index in [9.17, 15) is 0 Å². The molecule has 0 aromatic rings. The molecule has 0 amide bonds. The van der Waals surface area contributed by atoms with Gasteiger partial charge in [0.05, 0.1) is 0 Å². The van der Waals surface area contributed by atoms with Crippen LogP contribution in [-0.4, -0.2) is 74.1 Å². The first-order chi connectivity index (χ1) is 7.66. The molecule has 3 nitrogen and oxygen atoms in total. The third-order valence-corrected chi connectivity index (χ3v) is 3.83. The fourth-order valence-electron chi connectivity index (χ4n) is 2.47. The molecule has 0 spiro atoms. The van der Waals surface area contributed by atoms with E-state index in [1.165, 1.54) is 39.0 Å². The topological polar surface area (TPSA) is 9.72 Å². The van der Waals surface area contributed by atoms with Gasteiger partial charge in [-0.1, -0.05) is 13.8 Å². The Morgan fingerprint density at radius 3 is 1.94 bits per heavy atom. The van der Waals surface area contributed by atoms with Crippen LogP contribution in [0.3, 0.4) is 0 Å². The lowest BCUT2D eigenvalue weighted by Crippen LogP contribution is -2.61. The van der Waals surface area contributed by atoms with E-state index < -0.39 is 0 Å². The highest BCUT2D eigenvalue weighted by Gasteiger charge is 2.34.